The van der Waals surface area contributed by atoms with Gasteiger partial charge in [-0.25, -0.2) is 0 Å². The van der Waals surface area contributed by atoms with E-state index in [-0.39, 0.29) is 11.3 Å². The third-order valence-corrected chi connectivity index (χ3v) is 2.80. The number of rotatable bonds is 3. The summed E-state index contributed by atoms with van der Waals surface area (Å²) in [7, 11) is 0. The van der Waals surface area contributed by atoms with Gasteiger partial charge in [0.05, 0.1) is 6.07 Å². The number of carbonyl (C=O) groups is 1. The van der Waals surface area contributed by atoms with Crippen molar-refractivity contribution in [2.24, 2.45) is 0 Å². The highest BCUT2D eigenvalue weighted by molar-refractivity contribution is 5.90. The summed E-state index contributed by atoms with van der Waals surface area (Å²) in [4.78, 5) is 11.5. The molecular weight excluding hydrogens is 214 g/mol. The zero-order valence-corrected chi connectivity index (χ0v) is 10.2. The van der Waals surface area contributed by atoms with Crippen molar-refractivity contribution in [1.82, 2.24) is 4.57 Å². The normalized spacial score (nSPS) is 14.2. The number of hydrogen-bond acceptors (Lipinski definition) is 3. The van der Waals surface area contributed by atoms with Gasteiger partial charge >= 0.3 is 0 Å². The van der Waals surface area contributed by atoms with Crippen LogP contribution in [0.4, 0.5) is 0 Å². The van der Waals surface area contributed by atoms with E-state index < -0.39 is 5.41 Å². The highest BCUT2D eigenvalue weighted by atomic mass is 16.1. The van der Waals surface area contributed by atoms with Crippen LogP contribution in [0.15, 0.2) is 24.4 Å². The first kappa shape index (κ1) is 12.9. The molecule has 1 atom stereocenters. The Hall–Kier alpha value is -2.15. The standard InChI is InChI=1S/C13H15N3O/c1-4-6-16-7-5-11(8-12(16)15)13(3,9-14)10(2)17/h4-8,15H,1-3H3/b6-4-,15-12?. The van der Waals surface area contributed by atoms with Gasteiger partial charge in [-0.3, -0.25) is 10.2 Å². The average molecular weight is 229 g/mol. The first-order chi connectivity index (χ1) is 7.95. The summed E-state index contributed by atoms with van der Waals surface area (Å²) in [6.07, 6.45) is 5.23. The summed E-state index contributed by atoms with van der Waals surface area (Å²) < 4.78 is 1.61. The minimum Gasteiger partial charge on any atom is -0.309 e. The lowest BCUT2D eigenvalue weighted by Gasteiger charge is -2.18. The van der Waals surface area contributed by atoms with E-state index in [1.165, 1.54) is 6.92 Å². The quantitative estimate of drug-likeness (QED) is 0.859. The van der Waals surface area contributed by atoms with Crippen molar-refractivity contribution in [3.05, 3.63) is 35.5 Å². The highest BCUT2D eigenvalue weighted by Crippen LogP contribution is 2.22. The summed E-state index contributed by atoms with van der Waals surface area (Å²) in [5.41, 5.74) is -0.383. The largest absolute Gasteiger partial charge is 0.309 e. The molecule has 0 spiro atoms. The second-order valence-corrected chi connectivity index (χ2v) is 3.98. The van der Waals surface area contributed by atoms with Crippen molar-refractivity contribution in [1.29, 1.82) is 10.7 Å². The minimum absolute atomic E-state index is 0.219. The number of nitrogens with zero attached hydrogens (tertiary/aromatic N) is 2. The SMILES string of the molecule is C/C=C\n1ccc(C(C)(C#N)C(C)=O)cc1=N. The van der Waals surface area contributed by atoms with Gasteiger partial charge in [-0.2, -0.15) is 5.26 Å². The van der Waals surface area contributed by atoms with Crippen molar-refractivity contribution < 1.29 is 4.79 Å². The first-order valence-electron chi connectivity index (χ1n) is 5.28. The molecule has 0 radical (unpaired) electrons. The summed E-state index contributed by atoms with van der Waals surface area (Å²) in [5, 5.41) is 16.9. The van der Waals surface area contributed by atoms with Crippen molar-refractivity contribution in [3.63, 3.8) is 0 Å². The Bertz CT molecular complexity index is 563. The smallest absolute Gasteiger partial charge is 0.154 e. The van der Waals surface area contributed by atoms with Crippen LogP contribution in [0.5, 0.6) is 0 Å². The van der Waals surface area contributed by atoms with Gasteiger partial charge in [0, 0.05) is 12.4 Å². The van der Waals surface area contributed by atoms with E-state index >= 15 is 0 Å². The molecule has 0 saturated carbocycles. The maximum Gasteiger partial charge on any atom is 0.154 e. The molecule has 1 heterocycles. The predicted molar refractivity (Wildman–Crippen MR) is 64.9 cm³/mol. The topological polar surface area (TPSA) is 69.6 Å². The van der Waals surface area contributed by atoms with Gasteiger partial charge in [0.1, 0.15) is 10.9 Å². The number of pyridine rings is 1. The van der Waals surface area contributed by atoms with E-state index in [4.69, 9.17) is 10.7 Å². The molecule has 4 heteroatoms. The van der Waals surface area contributed by atoms with Gasteiger partial charge in [0.25, 0.3) is 0 Å². The molecule has 0 fully saturated rings. The van der Waals surface area contributed by atoms with Gasteiger partial charge < -0.3 is 4.57 Å². The van der Waals surface area contributed by atoms with E-state index in [2.05, 4.69) is 0 Å². The van der Waals surface area contributed by atoms with E-state index in [0.29, 0.717) is 5.56 Å². The molecule has 0 amide bonds. The van der Waals surface area contributed by atoms with Crippen LogP contribution in [0.25, 0.3) is 6.20 Å². The van der Waals surface area contributed by atoms with Gasteiger partial charge in [0.15, 0.2) is 5.78 Å². The number of nitrogens with one attached hydrogen (secondary N) is 1. The molecule has 0 aliphatic rings. The zero-order chi connectivity index (χ0) is 13.1. The van der Waals surface area contributed by atoms with Gasteiger partial charge in [-0.05, 0) is 38.5 Å². The van der Waals surface area contributed by atoms with Crippen LogP contribution in [-0.2, 0) is 10.2 Å². The molecule has 1 unspecified atom stereocenters. The molecule has 0 aromatic carbocycles. The van der Waals surface area contributed by atoms with Crippen LogP contribution >= 0.6 is 0 Å². The second kappa shape index (κ2) is 4.79. The molecule has 0 aliphatic heterocycles. The molecule has 0 bridgehead atoms. The van der Waals surface area contributed by atoms with E-state index in [1.807, 2.05) is 19.1 Å². The number of aromatic nitrogens is 1. The van der Waals surface area contributed by atoms with E-state index in [1.54, 1.807) is 36.0 Å². The molecular formula is C13H15N3O. The molecule has 1 rings (SSSR count). The minimum atomic E-state index is -1.18. The Morgan fingerprint density at radius 1 is 1.65 bits per heavy atom. The second-order valence-electron chi connectivity index (χ2n) is 3.98. The number of Topliss-reactive ketones (excluding diaryl/α,β-unsaturated/α-hetero) is 1. The Morgan fingerprint density at radius 3 is 2.71 bits per heavy atom. The monoisotopic (exact) mass is 229 g/mol. The summed E-state index contributed by atoms with van der Waals surface area (Å²) >= 11 is 0. The molecule has 88 valence electrons. The third kappa shape index (κ3) is 2.34. The van der Waals surface area contributed by atoms with Crippen molar-refractivity contribution in [3.8, 4) is 6.07 Å². The van der Waals surface area contributed by atoms with Gasteiger partial charge in [-0.1, -0.05) is 6.08 Å². The van der Waals surface area contributed by atoms with Crippen LogP contribution in [0.2, 0.25) is 0 Å². The Morgan fingerprint density at radius 2 is 2.29 bits per heavy atom. The lowest BCUT2D eigenvalue weighted by molar-refractivity contribution is -0.120. The summed E-state index contributed by atoms with van der Waals surface area (Å²) in [6, 6.07) is 5.26. The lowest BCUT2D eigenvalue weighted by Crippen LogP contribution is -2.30. The molecule has 1 aromatic heterocycles. The summed E-state index contributed by atoms with van der Waals surface area (Å²) in [6.45, 7) is 4.82. The number of nitriles is 1. The average Bonchev–Trinajstić information content (AvgIpc) is 2.30. The first-order valence-corrected chi connectivity index (χ1v) is 5.28. The highest BCUT2D eigenvalue weighted by Gasteiger charge is 2.32. The van der Waals surface area contributed by atoms with Crippen LogP contribution in [-0.4, -0.2) is 10.4 Å². The fourth-order valence-corrected chi connectivity index (χ4v) is 1.46. The van der Waals surface area contributed by atoms with Gasteiger partial charge in [-0.15, -0.1) is 0 Å². The maximum atomic E-state index is 11.5. The molecule has 0 aliphatic carbocycles. The fraction of sp³-hybridized carbons (Fsp3) is 0.308. The number of hydrogen-bond donors (Lipinski definition) is 1. The Labute approximate surface area is 100 Å². The molecule has 0 saturated heterocycles. The number of ketones is 1. The molecule has 17 heavy (non-hydrogen) atoms. The third-order valence-electron chi connectivity index (χ3n) is 2.80. The van der Waals surface area contributed by atoms with E-state index in [9.17, 15) is 4.79 Å². The Balaban J connectivity index is 3.37. The Kier molecular flexibility index (Phi) is 3.64. The number of allylic oxidation sites excluding steroid dienone is 1. The van der Waals surface area contributed by atoms with Crippen molar-refractivity contribution in [2.75, 3.05) is 0 Å². The summed E-state index contributed by atoms with van der Waals surface area (Å²) in [5.74, 6) is -0.219. The predicted octanol–water partition coefficient (Wildman–Crippen LogP) is 1.83. The molecule has 4 nitrogen and oxygen atoms in total. The molecule has 1 aromatic rings. The maximum absolute atomic E-state index is 11.5. The van der Waals surface area contributed by atoms with Crippen LogP contribution in [0.1, 0.15) is 26.3 Å². The van der Waals surface area contributed by atoms with E-state index in [0.717, 1.165) is 0 Å². The van der Waals surface area contributed by atoms with Crippen LogP contribution in [0, 0.1) is 16.7 Å². The van der Waals surface area contributed by atoms with Crippen LogP contribution < -0.4 is 5.49 Å². The van der Waals surface area contributed by atoms with Crippen molar-refractivity contribution in [2.45, 2.75) is 26.2 Å². The van der Waals surface area contributed by atoms with Gasteiger partial charge in [0.2, 0.25) is 0 Å². The lowest BCUT2D eigenvalue weighted by atomic mass is 9.81. The molecule has 1 N–H and O–H groups in total. The number of carbonyl (C=O) groups excluding carboxylic acids is 1. The zero-order valence-electron chi connectivity index (χ0n) is 10.2. The van der Waals surface area contributed by atoms with Crippen LogP contribution in [0.3, 0.4) is 0 Å². The fourth-order valence-electron chi connectivity index (χ4n) is 1.46. The van der Waals surface area contributed by atoms with Crippen molar-refractivity contribution >= 4 is 12.0 Å².